The van der Waals surface area contributed by atoms with E-state index in [1.807, 2.05) is 22.7 Å². The second-order valence-electron chi connectivity index (χ2n) is 6.56. The minimum atomic E-state index is -0.443. The summed E-state index contributed by atoms with van der Waals surface area (Å²) in [5.41, 5.74) is 0.505. The maximum atomic E-state index is 11.9. The van der Waals surface area contributed by atoms with Gasteiger partial charge in [0.25, 0.3) is 11.2 Å². The Labute approximate surface area is 154 Å². The molecular formula is C17H19N7O3. The van der Waals surface area contributed by atoms with Crippen molar-refractivity contribution in [1.29, 1.82) is 0 Å². The number of imidazole rings is 1. The van der Waals surface area contributed by atoms with Crippen molar-refractivity contribution in [3.63, 3.8) is 0 Å². The number of benzene rings is 1. The van der Waals surface area contributed by atoms with Gasteiger partial charge in [-0.2, -0.15) is 0 Å². The molecule has 0 unspecified atom stereocenters. The molecule has 0 radical (unpaired) electrons. The van der Waals surface area contributed by atoms with Gasteiger partial charge in [0.1, 0.15) is 11.5 Å². The Balaban J connectivity index is 1.58. The Morgan fingerprint density at radius 2 is 2.00 bits per heavy atom. The quantitative estimate of drug-likeness (QED) is 0.536. The number of aromatic amines is 1. The SMILES string of the molecule is Cn1ccnc1CN1CCN(c2cc3nc[nH]c(=O)c3cc2[N+](=O)[O-])CC1. The van der Waals surface area contributed by atoms with Gasteiger partial charge >= 0.3 is 0 Å². The summed E-state index contributed by atoms with van der Waals surface area (Å²) in [6.45, 7) is 3.59. The van der Waals surface area contributed by atoms with E-state index in [9.17, 15) is 14.9 Å². The summed E-state index contributed by atoms with van der Waals surface area (Å²) in [4.78, 5) is 38.2. The molecule has 1 saturated heterocycles. The van der Waals surface area contributed by atoms with Crippen LogP contribution in [0.15, 0.2) is 35.6 Å². The van der Waals surface area contributed by atoms with E-state index < -0.39 is 4.92 Å². The van der Waals surface area contributed by atoms with Crippen LogP contribution in [0.1, 0.15) is 5.82 Å². The van der Waals surface area contributed by atoms with Crippen LogP contribution in [0.4, 0.5) is 11.4 Å². The Morgan fingerprint density at radius 3 is 2.67 bits per heavy atom. The van der Waals surface area contributed by atoms with Gasteiger partial charge in [-0.15, -0.1) is 0 Å². The van der Waals surface area contributed by atoms with Crippen LogP contribution in [0, 0.1) is 10.1 Å². The Kier molecular flexibility index (Phi) is 4.32. The first-order valence-corrected chi connectivity index (χ1v) is 8.62. The lowest BCUT2D eigenvalue weighted by Crippen LogP contribution is -2.46. The van der Waals surface area contributed by atoms with Crippen LogP contribution in [0.25, 0.3) is 10.9 Å². The van der Waals surface area contributed by atoms with E-state index in [4.69, 9.17) is 0 Å². The minimum Gasteiger partial charge on any atom is -0.363 e. The predicted octanol–water partition coefficient (Wildman–Crippen LogP) is 0.887. The number of nitro groups is 1. The number of H-pyrrole nitrogens is 1. The van der Waals surface area contributed by atoms with Gasteiger partial charge in [-0.25, -0.2) is 9.97 Å². The molecule has 0 spiro atoms. The standard InChI is InChI=1S/C17H19N7O3/c1-21-3-2-18-16(21)10-22-4-6-23(7-5-22)14-9-13-12(8-15(14)24(26)27)17(25)20-11-19-13/h2-3,8-9,11H,4-7,10H2,1H3,(H,19,20,25). The Hall–Kier alpha value is -3.27. The van der Waals surface area contributed by atoms with Crippen LogP contribution in [0.2, 0.25) is 0 Å². The van der Waals surface area contributed by atoms with Crippen LogP contribution in [-0.4, -0.2) is 55.5 Å². The number of hydrogen-bond donors (Lipinski definition) is 1. The van der Waals surface area contributed by atoms with Crippen molar-refractivity contribution >= 4 is 22.3 Å². The van der Waals surface area contributed by atoms with Gasteiger partial charge in [-0.1, -0.05) is 0 Å². The number of aromatic nitrogens is 4. The van der Waals surface area contributed by atoms with Crippen LogP contribution < -0.4 is 10.5 Å². The smallest absolute Gasteiger partial charge is 0.293 e. The van der Waals surface area contributed by atoms with Gasteiger partial charge in [-0.3, -0.25) is 19.8 Å². The molecule has 0 amide bonds. The number of anilines is 1. The summed E-state index contributed by atoms with van der Waals surface area (Å²) >= 11 is 0. The zero-order chi connectivity index (χ0) is 19.0. The highest BCUT2D eigenvalue weighted by molar-refractivity contribution is 5.87. The van der Waals surface area contributed by atoms with Gasteiger partial charge < -0.3 is 14.5 Å². The van der Waals surface area contributed by atoms with Crippen molar-refractivity contribution in [3.8, 4) is 0 Å². The molecule has 4 rings (SSSR count). The first kappa shape index (κ1) is 17.2. The molecule has 140 valence electrons. The number of hydrogen-bond acceptors (Lipinski definition) is 7. The monoisotopic (exact) mass is 369 g/mol. The molecule has 3 aromatic rings. The van der Waals surface area contributed by atoms with E-state index in [1.165, 1.54) is 12.4 Å². The fraction of sp³-hybridized carbons (Fsp3) is 0.353. The second-order valence-corrected chi connectivity index (χ2v) is 6.56. The Morgan fingerprint density at radius 1 is 1.22 bits per heavy atom. The maximum absolute atomic E-state index is 11.9. The first-order valence-electron chi connectivity index (χ1n) is 8.62. The summed E-state index contributed by atoms with van der Waals surface area (Å²) in [6.07, 6.45) is 5.00. The molecule has 1 aromatic carbocycles. The third-order valence-corrected chi connectivity index (χ3v) is 4.93. The average molecular weight is 369 g/mol. The van der Waals surface area contributed by atoms with E-state index in [1.54, 1.807) is 12.3 Å². The highest BCUT2D eigenvalue weighted by atomic mass is 16.6. The van der Waals surface area contributed by atoms with E-state index in [0.717, 1.165) is 25.5 Å². The number of fused-ring (bicyclic) bond motifs is 1. The molecule has 1 aliphatic heterocycles. The summed E-state index contributed by atoms with van der Waals surface area (Å²) in [5, 5.41) is 11.8. The average Bonchev–Trinajstić information content (AvgIpc) is 3.06. The third-order valence-electron chi connectivity index (χ3n) is 4.93. The molecule has 27 heavy (non-hydrogen) atoms. The number of nitrogens with zero attached hydrogens (tertiary/aromatic N) is 6. The summed E-state index contributed by atoms with van der Waals surface area (Å²) in [7, 11) is 1.96. The second kappa shape index (κ2) is 6.80. The van der Waals surface area contributed by atoms with Gasteiger partial charge in [0.05, 0.1) is 28.7 Å². The lowest BCUT2D eigenvalue weighted by molar-refractivity contribution is -0.384. The van der Waals surface area contributed by atoms with Crippen molar-refractivity contribution < 1.29 is 4.92 Å². The fourth-order valence-corrected chi connectivity index (χ4v) is 3.39. The van der Waals surface area contributed by atoms with Gasteiger partial charge in [0.15, 0.2) is 0 Å². The summed E-state index contributed by atoms with van der Waals surface area (Å²) in [6, 6.07) is 2.95. The normalized spacial score (nSPS) is 15.4. The third kappa shape index (κ3) is 3.26. The van der Waals surface area contributed by atoms with Crippen molar-refractivity contribution in [2.24, 2.45) is 7.05 Å². The lowest BCUT2D eigenvalue weighted by Gasteiger charge is -2.35. The zero-order valence-electron chi connectivity index (χ0n) is 14.8. The van der Waals surface area contributed by atoms with Crippen molar-refractivity contribution in [3.05, 3.63) is 57.1 Å². The van der Waals surface area contributed by atoms with Gasteiger partial charge in [-0.05, 0) is 6.07 Å². The largest absolute Gasteiger partial charge is 0.363 e. The van der Waals surface area contributed by atoms with Gasteiger partial charge in [0, 0.05) is 51.7 Å². The summed E-state index contributed by atoms with van der Waals surface area (Å²) < 4.78 is 1.99. The number of nitrogens with one attached hydrogen (secondary N) is 1. The van der Waals surface area contributed by atoms with E-state index in [2.05, 4.69) is 19.9 Å². The van der Waals surface area contributed by atoms with Crippen LogP contribution >= 0.6 is 0 Å². The van der Waals surface area contributed by atoms with Crippen LogP contribution in [-0.2, 0) is 13.6 Å². The molecule has 0 bridgehead atoms. The topological polar surface area (TPSA) is 113 Å². The molecule has 0 aliphatic carbocycles. The number of piperazine rings is 1. The lowest BCUT2D eigenvalue weighted by atomic mass is 10.1. The van der Waals surface area contributed by atoms with Gasteiger partial charge in [0.2, 0.25) is 0 Å². The molecule has 0 saturated carbocycles. The molecule has 3 heterocycles. The zero-order valence-corrected chi connectivity index (χ0v) is 14.8. The fourth-order valence-electron chi connectivity index (χ4n) is 3.39. The molecule has 2 aromatic heterocycles. The molecule has 1 aliphatic rings. The van der Waals surface area contributed by atoms with Crippen molar-refractivity contribution in [1.82, 2.24) is 24.4 Å². The molecule has 1 fully saturated rings. The molecule has 10 heteroatoms. The number of aryl methyl sites for hydroxylation is 1. The first-order chi connectivity index (χ1) is 13.0. The van der Waals surface area contributed by atoms with Crippen LogP contribution in [0.5, 0.6) is 0 Å². The molecular weight excluding hydrogens is 350 g/mol. The molecule has 1 N–H and O–H groups in total. The molecule has 10 nitrogen and oxygen atoms in total. The van der Waals surface area contributed by atoms with E-state index >= 15 is 0 Å². The van der Waals surface area contributed by atoms with E-state index in [-0.39, 0.29) is 16.6 Å². The van der Waals surface area contributed by atoms with E-state index in [0.29, 0.717) is 24.3 Å². The summed E-state index contributed by atoms with van der Waals surface area (Å²) in [5.74, 6) is 0.989. The predicted molar refractivity (Wildman–Crippen MR) is 99.7 cm³/mol. The number of nitro benzene ring substituents is 1. The highest BCUT2D eigenvalue weighted by Gasteiger charge is 2.25. The number of rotatable bonds is 4. The Bertz CT molecular complexity index is 1050. The minimum absolute atomic E-state index is 0.0708. The van der Waals surface area contributed by atoms with Crippen molar-refractivity contribution in [2.45, 2.75) is 6.54 Å². The molecule has 0 atom stereocenters. The maximum Gasteiger partial charge on any atom is 0.293 e. The highest BCUT2D eigenvalue weighted by Crippen LogP contribution is 2.32. The van der Waals surface area contributed by atoms with Crippen LogP contribution in [0.3, 0.4) is 0 Å². The van der Waals surface area contributed by atoms with Crippen molar-refractivity contribution in [2.75, 3.05) is 31.1 Å².